The van der Waals surface area contributed by atoms with E-state index in [9.17, 15) is 4.79 Å². The lowest BCUT2D eigenvalue weighted by atomic mass is 10.1. The SMILES string of the molecule is COc1ccc2c(c1)CN(C(=O)N1CCN(Cc3ccc4c(c3)OCO4)CC1)CCO2. The molecule has 2 amide bonds. The molecule has 1 saturated heterocycles. The highest BCUT2D eigenvalue weighted by atomic mass is 16.7. The van der Waals surface area contributed by atoms with Crippen molar-refractivity contribution in [2.75, 3.05) is 53.2 Å². The van der Waals surface area contributed by atoms with Gasteiger partial charge in [-0.15, -0.1) is 0 Å². The fourth-order valence-electron chi connectivity index (χ4n) is 4.26. The number of fused-ring (bicyclic) bond motifs is 2. The van der Waals surface area contributed by atoms with Crippen molar-refractivity contribution in [1.29, 1.82) is 0 Å². The van der Waals surface area contributed by atoms with Gasteiger partial charge in [-0.05, 0) is 35.9 Å². The number of nitrogens with zero attached hydrogens (tertiary/aromatic N) is 3. The summed E-state index contributed by atoms with van der Waals surface area (Å²) in [5.41, 5.74) is 2.17. The molecule has 3 aliphatic heterocycles. The molecule has 8 heteroatoms. The van der Waals surface area contributed by atoms with Crippen molar-refractivity contribution in [3.05, 3.63) is 47.5 Å². The van der Waals surface area contributed by atoms with Gasteiger partial charge in [0.25, 0.3) is 0 Å². The van der Waals surface area contributed by atoms with Gasteiger partial charge < -0.3 is 28.7 Å². The second kappa shape index (κ2) is 8.55. The topological polar surface area (TPSA) is 63.7 Å². The minimum atomic E-state index is 0.0713. The number of urea groups is 1. The Hall–Kier alpha value is -3.13. The lowest BCUT2D eigenvalue weighted by Gasteiger charge is -2.37. The van der Waals surface area contributed by atoms with Crippen LogP contribution in [0.3, 0.4) is 0 Å². The Labute approximate surface area is 181 Å². The summed E-state index contributed by atoms with van der Waals surface area (Å²) in [5, 5.41) is 0. The zero-order valence-corrected chi connectivity index (χ0v) is 17.7. The molecule has 0 aromatic heterocycles. The van der Waals surface area contributed by atoms with Crippen molar-refractivity contribution in [3.63, 3.8) is 0 Å². The van der Waals surface area contributed by atoms with Crippen LogP contribution in [0.1, 0.15) is 11.1 Å². The molecule has 2 aromatic rings. The van der Waals surface area contributed by atoms with Crippen LogP contribution in [-0.2, 0) is 13.1 Å². The minimum absolute atomic E-state index is 0.0713. The zero-order chi connectivity index (χ0) is 21.2. The lowest BCUT2D eigenvalue weighted by molar-refractivity contribution is 0.106. The molecule has 5 rings (SSSR count). The molecule has 1 fully saturated rings. The van der Waals surface area contributed by atoms with Gasteiger partial charge in [0.2, 0.25) is 6.79 Å². The van der Waals surface area contributed by atoms with E-state index in [-0.39, 0.29) is 6.03 Å². The predicted octanol–water partition coefficient (Wildman–Crippen LogP) is 2.56. The summed E-state index contributed by atoms with van der Waals surface area (Å²) >= 11 is 0. The highest BCUT2D eigenvalue weighted by molar-refractivity contribution is 5.75. The maximum absolute atomic E-state index is 13.2. The fraction of sp³-hybridized carbons (Fsp3) is 0.435. The Morgan fingerprint density at radius 2 is 1.71 bits per heavy atom. The van der Waals surface area contributed by atoms with Crippen molar-refractivity contribution in [2.24, 2.45) is 0 Å². The minimum Gasteiger partial charge on any atom is -0.497 e. The van der Waals surface area contributed by atoms with E-state index >= 15 is 0 Å². The van der Waals surface area contributed by atoms with E-state index in [1.807, 2.05) is 40.1 Å². The quantitative estimate of drug-likeness (QED) is 0.753. The smallest absolute Gasteiger partial charge is 0.320 e. The van der Waals surface area contributed by atoms with Crippen LogP contribution in [0.25, 0.3) is 0 Å². The molecule has 0 aliphatic carbocycles. The third-order valence-electron chi connectivity index (χ3n) is 6.00. The molecule has 8 nitrogen and oxygen atoms in total. The van der Waals surface area contributed by atoms with E-state index < -0.39 is 0 Å². The molecule has 0 radical (unpaired) electrons. The van der Waals surface area contributed by atoms with Crippen molar-refractivity contribution in [3.8, 4) is 23.0 Å². The summed E-state index contributed by atoms with van der Waals surface area (Å²) in [5.74, 6) is 3.21. The van der Waals surface area contributed by atoms with E-state index in [2.05, 4.69) is 11.0 Å². The Bertz CT molecular complexity index is 958. The number of hydrogen-bond donors (Lipinski definition) is 0. The zero-order valence-electron chi connectivity index (χ0n) is 17.7. The molecule has 3 aliphatic rings. The molecule has 0 unspecified atom stereocenters. The number of ether oxygens (including phenoxy) is 4. The molecule has 0 bridgehead atoms. The summed E-state index contributed by atoms with van der Waals surface area (Å²) in [6.07, 6.45) is 0. The summed E-state index contributed by atoms with van der Waals surface area (Å²) < 4.78 is 22.0. The third-order valence-corrected chi connectivity index (χ3v) is 6.00. The monoisotopic (exact) mass is 425 g/mol. The van der Waals surface area contributed by atoms with E-state index in [4.69, 9.17) is 18.9 Å². The van der Waals surface area contributed by atoms with Gasteiger partial charge in [-0.3, -0.25) is 4.90 Å². The summed E-state index contributed by atoms with van der Waals surface area (Å²) in [6.45, 7) is 5.84. The highest BCUT2D eigenvalue weighted by Gasteiger charge is 2.27. The van der Waals surface area contributed by atoms with E-state index in [1.54, 1.807) is 7.11 Å². The fourth-order valence-corrected chi connectivity index (χ4v) is 4.26. The molecule has 2 aromatic carbocycles. The molecule has 0 saturated carbocycles. The second-order valence-electron chi connectivity index (χ2n) is 7.98. The maximum Gasteiger partial charge on any atom is 0.320 e. The van der Waals surface area contributed by atoms with Gasteiger partial charge in [-0.2, -0.15) is 0 Å². The molecule has 0 atom stereocenters. The second-order valence-corrected chi connectivity index (χ2v) is 7.98. The molecule has 3 heterocycles. The van der Waals surface area contributed by atoms with Crippen LogP contribution in [0.4, 0.5) is 4.79 Å². The molecule has 31 heavy (non-hydrogen) atoms. The number of piperazine rings is 1. The number of methoxy groups -OCH3 is 1. The van der Waals surface area contributed by atoms with Gasteiger partial charge in [0.1, 0.15) is 18.1 Å². The molecule has 0 N–H and O–H groups in total. The van der Waals surface area contributed by atoms with E-state index in [0.29, 0.717) is 39.6 Å². The summed E-state index contributed by atoms with van der Waals surface area (Å²) in [4.78, 5) is 19.4. The van der Waals surface area contributed by atoms with Gasteiger partial charge in [0.15, 0.2) is 11.5 Å². The maximum atomic E-state index is 13.2. The Balaban J connectivity index is 1.18. The average molecular weight is 425 g/mol. The number of benzene rings is 2. The largest absolute Gasteiger partial charge is 0.497 e. The molecule has 0 spiro atoms. The Morgan fingerprint density at radius 3 is 2.55 bits per heavy atom. The van der Waals surface area contributed by atoms with Gasteiger partial charge in [0.05, 0.1) is 20.2 Å². The average Bonchev–Trinajstić information content (AvgIpc) is 3.16. The molecular weight excluding hydrogens is 398 g/mol. The first-order chi connectivity index (χ1) is 15.2. The number of rotatable bonds is 3. The number of hydrogen-bond acceptors (Lipinski definition) is 6. The van der Waals surface area contributed by atoms with Gasteiger partial charge in [0, 0.05) is 38.3 Å². The lowest BCUT2D eigenvalue weighted by Crippen LogP contribution is -2.52. The number of carbonyl (C=O) groups is 1. The molecular formula is C23H27N3O5. The number of carbonyl (C=O) groups excluding carboxylic acids is 1. The predicted molar refractivity (Wildman–Crippen MR) is 114 cm³/mol. The first-order valence-electron chi connectivity index (χ1n) is 10.6. The van der Waals surface area contributed by atoms with Crippen LogP contribution >= 0.6 is 0 Å². The summed E-state index contributed by atoms with van der Waals surface area (Å²) in [6, 6.07) is 11.9. The normalized spacial score (nSPS) is 18.2. The van der Waals surface area contributed by atoms with Crippen molar-refractivity contribution >= 4 is 6.03 Å². The van der Waals surface area contributed by atoms with E-state index in [1.165, 1.54) is 5.56 Å². The first-order valence-corrected chi connectivity index (χ1v) is 10.6. The van der Waals surface area contributed by atoms with Gasteiger partial charge in [-0.1, -0.05) is 6.07 Å². The highest BCUT2D eigenvalue weighted by Crippen LogP contribution is 2.33. The van der Waals surface area contributed by atoms with Crippen LogP contribution < -0.4 is 18.9 Å². The van der Waals surface area contributed by atoms with Crippen LogP contribution in [0.2, 0.25) is 0 Å². The standard InChI is InChI=1S/C23H27N3O5/c1-28-19-3-5-20-18(13-19)15-26(10-11-29-20)23(27)25-8-6-24(7-9-25)14-17-2-4-21-22(12-17)31-16-30-21/h2-5,12-13H,6-11,14-16H2,1H3. The first kappa shape index (κ1) is 19.8. The van der Waals surface area contributed by atoms with E-state index in [0.717, 1.165) is 48.2 Å². The molecule has 164 valence electrons. The Kier molecular flexibility index (Phi) is 5.46. The third kappa shape index (κ3) is 4.20. The van der Waals surface area contributed by atoms with Crippen LogP contribution in [0.5, 0.6) is 23.0 Å². The van der Waals surface area contributed by atoms with Crippen molar-refractivity contribution in [2.45, 2.75) is 13.1 Å². The van der Waals surface area contributed by atoms with Gasteiger partial charge in [-0.25, -0.2) is 4.79 Å². The van der Waals surface area contributed by atoms with Crippen molar-refractivity contribution in [1.82, 2.24) is 14.7 Å². The van der Waals surface area contributed by atoms with Crippen LogP contribution in [0.15, 0.2) is 36.4 Å². The summed E-state index contributed by atoms with van der Waals surface area (Å²) in [7, 11) is 1.64. The number of amides is 2. The van der Waals surface area contributed by atoms with Crippen LogP contribution in [0, 0.1) is 0 Å². The Morgan fingerprint density at radius 1 is 0.903 bits per heavy atom. The van der Waals surface area contributed by atoms with Crippen molar-refractivity contribution < 1.29 is 23.7 Å². The van der Waals surface area contributed by atoms with Gasteiger partial charge >= 0.3 is 6.03 Å². The van der Waals surface area contributed by atoms with Crippen LogP contribution in [-0.4, -0.2) is 74.0 Å².